The number of aryl methyl sites for hydroxylation is 1. The first kappa shape index (κ1) is 18.3. The molecule has 1 atom stereocenters. The Kier molecular flexibility index (Phi) is 3.97. The maximum absolute atomic E-state index is 13.4. The van der Waals surface area contributed by atoms with Crippen molar-refractivity contribution in [3.05, 3.63) is 45.4 Å². The van der Waals surface area contributed by atoms with E-state index >= 15 is 0 Å². The van der Waals surface area contributed by atoms with Crippen molar-refractivity contribution in [2.45, 2.75) is 50.6 Å². The maximum Gasteiger partial charge on any atom is 0.272 e. The van der Waals surface area contributed by atoms with Gasteiger partial charge in [0.2, 0.25) is 0 Å². The number of amides is 1. The third kappa shape index (κ3) is 2.76. The van der Waals surface area contributed by atoms with Crippen LogP contribution in [0.2, 0.25) is 0 Å². The molecule has 1 amide bonds. The minimum absolute atomic E-state index is 0.0464. The van der Waals surface area contributed by atoms with Crippen LogP contribution in [0.1, 0.15) is 53.3 Å². The molecule has 0 radical (unpaired) electrons. The van der Waals surface area contributed by atoms with Gasteiger partial charge >= 0.3 is 0 Å². The summed E-state index contributed by atoms with van der Waals surface area (Å²) in [5.74, 6) is 1.83. The number of likely N-dealkylation sites (tertiary alicyclic amines) is 1. The zero-order valence-corrected chi connectivity index (χ0v) is 17.5. The molecule has 0 N–H and O–H groups in total. The number of carbonyl (C=O) groups excluding carboxylic acids is 1. The molecule has 1 spiro atoms. The standard InChI is InChI=1S/C22H28N6O2/c1-25-18(4-8-23-25)20(30)27-9-5-17-16(13-27)19(29)28-11-7-22(21(28)24-17)6-10-26(14-22)12-15-2-3-15/h4,8,15H,2-3,5-7,9-14H2,1H3/t22-/m1/s1. The second kappa shape index (κ2) is 6.51. The molecule has 0 bridgehead atoms. The molecule has 30 heavy (non-hydrogen) atoms. The van der Waals surface area contributed by atoms with Gasteiger partial charge < -0.3 is 9.80 Å². The highest BCUT2D eigenvalue weighted by Crippen LogP contribution is 2.42. The molecule has 2 aromatic heterocycles. The van der Waals surface area contributed by atoms with Crippen LogP contribution >= 0.6 is 0 Å². The summed E-state index contributed by atoms with van der Waals surface area (Å²) in [7, 11) is 1.77. The molecule has 1 saturated carbocycles. The van der Waals surface area contributed by atoms with Crippen molar-refractivity contribution in [3.63, 3.8) is 0 Å². The molecule has 0 aromatic carbocycles. The first-order valence-electron chi connectivity index (χ1n) is 11.2. The quantitative estimate of drug-likeness (QED) is 0.755. The van der Waals surface area contributed by atoms with E-state index in [1.165, 1.54) is 19.4 Å². The van der Waals surface area contributed by atoms with E-state index in [0.29, 0.717) is 30.8 Å². The summed E-state index contributed by atoms with van der Waals surface area (Å²) in [5, 5.41) is 4.10. The first-order valence-corrected chi connectivity index (χ1v) is 11.2. The summed E-state index contributed by atoms with van der Waals surface area (Å²) in [6.45, 7) is 5.06. The van der Waals surface area contributed by atoms with Crippen LogP contribution < -0.4 is 5.56 Å². The normalized spacial score (nSPS) is 25.7. The van der Waals surface area contributed by atoms with E-state index in [9.17, 15) is 9.59 Å². The molecule has 8 heteroatoms. The molecule has 3 aliphatic heterocycles. The van der Waals surface area contributed by atoms with Gasteiger partial charge in [-0.1, -0.05) is 0 Å². The van der Waals surface area contributed by atoms with Gasteiger partial charge in [-0.05, 0) is 44.2 Å². The summed E-state index contributed by atoms with van der Waals surface area (Å²) < 4.78 is 3.50. The topological polar surface area (TPSA) is 76.3 Å². The Labute approximate surface area is 175 Å². The van der Waals surface area contributed by atoms with E-state index in [2.05, 4.69) is 10.00 Å². The SMILES string of the molecule is Cn1nccc1C(=O)N1CCc2nc3n(c(=O)c2C1)CC[C@@]31CCN(CC2CC2)C1. The van der Waals surface area contributed by atoms with Gasteiger partial charge in [0.25, 0.3) is 11.5 Å². The van der Waals surface area contributed by atoms with E-state index in [0.717, 1.165) is 49.9 Å². The van der Waals surface area contributed by atoms with Gasteiger partial charge in [-0.15, -0.1) is 0 Å². The van der Waals surface area contributed by atoms with Crippen molar-refractivity contribution >= 4 is 5.91 Å². The van der Waals surface area contributed by atoms with E-state index < -0.39 is 0 Å². The molecule has 6 rings (SSSR count). The highest BCUT2D eigenvalue weighted by molar-refractivity contribution is 5.92. The largest absolute Gasteiger partial charge is 0.332 e. The van der Waals surface area contributed by atoms with Crippen LogP contribution in [0, 0.1) is 5.92 Å². The van der Waals surface area contributed by atoms with Crippen LogP contribution in [-0.4, -0.2) is 61.2 Å². The predicted molar refractivity (Wildman–Crippen MR) is 110 cm³/mol. The highest BCUT2D eigenvalue weighted by atomic mass is 16.2. The van der Waals surface area contributed by atoms with Crippen LogP contribution in [0.15, 0.2) is 17.1 Å². The minimum Gasteiger partial charge on any atom is -0.332 e. The lowest BCUT2D eigenvalue weighted by atomic mass is 9.85. The summed E-state index contributed by atoms with van der Waals surface area (Å²) in [6, 6.07) is 1.73. The van der Waals surface area contributed by atoms with Gasteiger partial charge in [-0.2, -0.15) is 5.10 Å². The van der Waals surface area contributed by atoms with Gasteiger partial charge in [0.15, 0.2) is 0 Å². The second-order valence-electron chi connectivity index (χ2n) is 9.59. The van der Waals surface area contributed by atoms with E-state index in [-0.39, 0.29) is 16.9 Å². The zero-order valence-electron chi connectivity index (χ0n) is 17.5. The number of fused-ring (bicyclic) bond motifs is 3. The Morgan fingerprint density at radius 3 is 2.83 bits per heavy atom. The van der Waals surface area contributed by atoms with Crippen LogP contribution in [0.4, 0.5) is 0 Å². The van der Waals surface area contributed by atoms with Gasteiger partial charge in [0.05, 0.1) is 17.8 Å². The van der Waals surface area contributed by atoms with Gasteiger partial charge in [0.1, 0.15) is 11.5 Å². The highest BCUT2D eigenvalue weighted by Gasteiger charge is 2.47. The van der Waals surface area contributed by atoms with Crippen molar-refractivity contribution in [3.8, 4) is 0 Å². The fourth-order valence-corrected chi connectivity index (χ4v) is 5.65. The Morgan fingerprint density at radius 2 is 2.07 bits per heavy atom. The van der Waals surface area contributed by atoms with Gasteiger partial charge in [-0.3, -0.25) is 18.8 Å². The van der Waals surface area contributed by atoms with Crippen molar-refractivity contribution in [2.24, 2.45) is 13.0 Å². The number of rotatable bonds is 3. The lowest BCUT2D eigenvalue weighted by Crippen LogP contribution is -2.42. The third-order valence-corrected chi connectivity index (χ3v) is 7.58. The number of aromatic nitrogens is 4. The summed E-state index contributed by atoms with van der Waals surface area (Å²) >= 11 is 0. The Morgan fingerprint density at radius 1 is 1.23 bits per heavy atom. The van der Waals surface area contributed by atoms with Crippen LogP contribution in [0.25, 0.3) is 0 Å². The van der Waals surface area contributed by atoms with Crippen molar-refractivity contribution in [1.82, 2.24) is 29.1 Å². The lowest BCUT2D eigenvalue weighted by Gasteiger charge is -2.30. The fraction of sp³-hybridized carbons (Fsp3) is 0.636. The Hall–Kier alpha value is -2.48. The molecule has 158 valence electrons. The summed E-state index contributed by atoms with van der Waals surface area (Å²) in [4.78, 5) is 35.7. The monoisotopic (exact) mass is 408 g/mol. The molecule has 5 heterocycles. The predicted octanol–water partition coefficient (Wildman–Crippen LogP) is 0.933. The van der Waals surface area contributed by atoms with Crippen molar-refractivity contribution in [2.75, 3.05) is 26.2 Å². The smallest absolute Gasteiger partial charge is 0.272 e. The average Bonchev–Trinajstić information content (AvgIpc) is 3.14. The van der Waals surface area contributed by atoms with Crippen LogP contribution in [0.5, 0.6) is 0 Å². The minimum atomic E-state index is -0.0754. The third-order valence-electron chi connectivity index (χ3n) is 7.58. The molecule has 2 fully saturated rings. The number of hydrogen-bond acceptors (Lipinski definition) is 5. The van der Waals surface area contributed by atoms with Crippen LogP contribution in [-0.2, 0) is 32.0 Å². The van der Waals surface area contributed by atoms with Gasteiger partial charge in [0, 0.05) is 51.3 Å². The number of hydrogen-bond donors (Lipinski definition) is 0. The zero-order chi connectivity index (χ0) is 20.5. The molecule has 1 aliphatic carbocycles. The molecular weight excluding hydrogens is 380 g/mol. The molecule has 4 aliphatic rings. The number of nitrogens with zero attached hydrogens (tertiary/aromatic N) is 6. The maximum atomic E-state index is 13.4. The van der Waals surface area contributed by atoms with Crippen molar-refractivity contribution < 1.29 is 4.79 Å². The molecule has 0 unspecified atom stereocenters. The van der Waals surface area contributed by atoms with E-state index in [4.69, 9.17) is 4.98 Å². The molecule has 1 saturated heterocycles. The van der Waals surface area contributed by atoms with Gasteiger partial charge in [-0.25, -0.2) is 4.98 Å². The first-order chi connectivity index (χ1) is 14.5. The van der Waals surface area contributed by atoms with E-state index in [1.54, 1.807) is 28.9 Å². The Bertz CT molecular complexity index is 1080. The van der Waals surface area contributed by atoms with Crippen LogP contribution in [0.3, 0.4) is 0 Å². The molecule has 8 nitrogen and oxygen atoms in total. The summed E-state index contributed by atoms with van der Waals surface area (Å²) in [6.07, 6.45) is 7.14. The second-order valence-corrected chi connectivity index (χ2v) is 9.59. The van der Waals surface area contributed by atoms with Crippen molar-refractivity contribution in [1.29, 1.82) is 0 Å². The summed E-state index contributed by atoms with van der Waals surface area (Å²) in [5.41, 5.74) is 2.26. The lowest BCUT2D eigenvalue weighted by molar-refractivity contribution is 0.0720. The Balaban J connectivity index is 1.29. The fourth-order valence-electron chi connectivity index (χ4n) is 5.65. The van der Waals surface area contributed by atoms with E-state index in [1.807, 2.05) is 4.57 Å². The molecular formula is C22H28N6O2. The number of carbonyl (C=O) groups is 1. The molecule has 2 aromatic rings. The average molecular weight is 409 g/mol.